The molecule has 1 aliphatic rings. The topological polar surface area (TPSA) is 76.4 Å². The van der Waals surface area contributed by atoms with E-state index < -0.39 is 5.91 Å². The molecule has 0 saturated carbocycles. The predicted molar refractivity (Wildman–Crippen MR) is 53.4 cm³/mol. The Labute approximate surface area is 84.3 Å². The Morgan fingerprint density at radius 3 is 3.14 bits per heavy atom. The van der Waals surface area contributed by atoms with Crippen LogP contribution >= 0.6 is 0 Å². The number of nitrogens with two attached hydrogens (primary N) is 1. The molecule has 0 aromatic carbocycles. The van der Waals surface area contributed by atoms with Crippen LogP contribution in [0, 0.1) is 0 Å². The number of carbonyl (C=O) groups is 1. The summed E-state index contributed by atoms with van der Waals surface area (Å²) in [5.41, 5.74) is 7.73. The Hall–Kier alpha value is -0.650. The zero-order valence-electron chi connectivity index (χ0n) is 8.58. The van der Waals surface area contributed by atoms with Crippen LogP contribution in [-0.4, -0.2) is 31.1 Å². The zero-order valence-corrected chi connectivity index (χ0v) is 8.58. The molecule has 1 aliphatic heterocycles. The van der Waals surface area contributed by atoms with Crippen LogP contribution in [0.4, 0.5) is 0 Å². The number of primary amides is 1. The SMILES string of the molecule is CC(CC1CCCN1)NOCC(N)=O. The maximum absolute atomic E-state index is 10.4. The standard InChI is InChI=1S/C9H19N3O2/c1-7(12-14-6-9(10)13)5-8-3-2-4-11-8/h7-8,11-12H,2-6H2,1H3,(H2,10,13). The summed E-state index contributed by atoms with van der Waals surface area (Å²) < 4.78 is 0. The number of rotatable bonds is 6. The highest BCUT2D eigenvalue weighted by Crippen LogP contribution is 2.10. The Morgan fingerprint density at radius 1 is 1.79 bits per heavy atom. The number of hydrogen-bond donors (Lipinski definition) is 3. The average Bonchev–Trinajstić information content (AvgIpc) is 2.56. The molecule has 0 aliphatic carbocycles. The quantitative estimate of drug-likeness (QED) is 0.507. The van der Waals surface area contributed by atoms with E-state index in [1.165, 1.54) is 12.8 Å². The first-order chi connectivity index (χ1) is 6.68. The number of hydrogen-bond acceptors (Lipinski definition) is 4. The molecule has 0 radical (unpaired) electrons. The highest BCUT2D eigenvalue weighted by molar-refractivity contribution is 5.74. The minimum atomic E-state index is -0.455. The molecule has 1 amide bonds. The lowest BCUT2D eigenvalue weighted by atomic mass is 10.1. The van der Waals surface area contributed by atoms with E-state index in [9.17, 15) is 4.79 Å². The molecule has 1 fully saturated rings. The minimum Gasteiger partial charge on any atom is -0.368 e. The highest BCUT2D eigenvalue weighted by atomic mass is 16.6. The Morgan fingerprint density at radius 2 is 2.57 bits per heavy atom. The van der Waals surface area contributed by atoms with Crippen LogP contribution < -0.4 is 16.5 Å². The zero-order chi connectivity index (χ0) is 10.4. The molecular formula is C9H19N3O2. The van der Waals surface area contributed by atoms with Gasteiger partial charge in [0.25, 0.3) is 0 Å². The molecule has 2 atom stereocenters. The summed E-state index contributed by atoms with van der Waals surface area (Å²) >= 11 is 0. The van der Waals surface area contributed by atoms with Gasteiger partial charge in [0.1, 0.15) is 6.61 Å². The lowest BCUT2D eigenvalue weighted by Gasteiger charge is -2.17. The number of carbonyl (C=O) groups excluding carboxylic acids is 1. The molecule has 1 heterocycles. The van der Waals surface area contributed by atoms with Crippen LogP contribution in [0.5, 0.6) is 0 Å². The van der Waals surface area contributed by atoms with Crippen molar-refractivity contribution >= 4 is 5.91 Å². The Bertz CT molecular complexity index is 181. The third kappa shape index (κ3) is 4.55. The summed E-state index contributed by atoms with van der Waals surface area (Å²) in [7, 11) is 0. The van der Waals surface area contributed by atoms with Crippen molar-refractivity contribution in [2.45, 2.75) is 38.3 Å². The largest absolute Gasteiger partial charge is 0.368 e. The van der Waals surface area contributed by atoms with Gasteiger partial charge < -0.3 is 11.1 Å². The molecule has 14 heavy (non-hydrogen) atoms. The lowest BCUT2D eigenvalue weighted by molar-refractivity contribution is -0.126. The van der Waals surface area contributed by atoms with E-state index >= 15 is 0 Å². The second-order valence-corrected chi connectivity index (χ2v) is 3.80. The van der Waals surface area contributed by atoms with Crippen molar-refractivity contribution < 1.29 is 9.63 Å². The third-order valence-corrected chi connectivity index (χ3v) is 2.30. The van der Waals surface area contributed by atoms with E-state index in [2.05, 4.69) is 10.8 Å². The molecule has 0 aromatic heterocycles. The molecule has 1 saturated heterocycles. The molecule has 2 unspecified atom stereocenters. The monoisotopic (exact) mass is 201 g/mol. The van der Waals surface area contributed by atoms with E-state index in [0.29, 0.717) is 6.04 Å². The molecule has 5 nitrogen and oxygen atoms in total. The first-order valence-corrected chi connectivity index (χ1v) is 5.07. The molecule has 0 bridgehead atoms. The first-order valence-electron chi connectivity index (χ1n) is 5.07. The van der Waals surface area contributed by atoms with E-state index in [4.69, 9.17) is 10.6 Å². The fourth-order valence-electron chi connectivity index (χ4n) is 1.69. The van der Waals surface area contributed by atoms with Gasteiger partial charge in [0.15, 0.2) is 0 Å². The molecule has 1 rings (SSSR count). The second-order valence-electron chi connectivity index (χ2n) is 3.80. The summed E-state index contributed by atoms with van der Waals surface area (Å²) in [6, 6.07) is 0.819. The van der Waals surface area contributed by atoms with Crippen molar-refractivity contribution in [1.82, 2.24) is 10.8 Å². The van der Waals surface area contributed by atoms with Gasteiger partial charge in [0.05, 0.1) is 0 Å². The van der Waals surface area contributed by atoms with Crippen LogP contribution in [0.3, 0.4) is 0 Å². The van der Waals surface area contributed by atoms with Gasteiger partial charge in [-0.05, 0) is 32.7 Å². The fourth-order valence-corrected chi connectivity index (χ4v) is 1.69. The number of amides is 1. The molecule has 0 spiro atoms. The summed E-state index contributed by atoms with van der Waals surface area (Å²) in [4.78, 5) is 15.3. The summed E-state index contributed by atoms with van der Waals surface area (Å²) in [5, 5.41) is 3.40. The predicted octanol–water partition coefficient (Wildman–Crippen LogP) is -0.476. The summed E-state index contributed by atoms with van der Waals surface area (Å²) in [5.74, 6) is -0.455. The van der Waals surface area contributed by atoms with Crippen LogP contribution in [0.1, 0.15) is 26.2 Å². The maximum Gasteiger partial charge on any atom is 0.245 e. The van der Waals surface area contributed by atoms with Gasteiger partial charge in [0.2, 0.25) is 5.91 Å². The van der Waals surface area contributed by atoms with Crippen molar-refractivity contribution in [3.8, 4) is 0 Å². The second kappa shape index (κ2) is 5.95. The molecule has 82 valence electrons. The van der Waals surface area contributed by atoms with Crippen LogP contribution in [-0.2, 0) is 9.63 Å². The van der Waals surface area contributed by atoms with Gasteiger partial charge in [-0.3, -0.25) is 9.63 Å². The van der Waals surface area contributed by atoms with Gasteiger partial charge in [-0.2, -0.15) is 5.48 Å². The van der Waals surface area contributed by atoms with Gasteiger partial charge in [-0.1, -0.05) is 0 Å². The van der Waals surface area contributed by atoms with Crippen molar-refractivity contribution in [1.29, 1.82) is 0 Å². The van der Waals surface area contributed by atoms with Crippen molar-refractivity contribution in [3.05, 3.63) is 0 Å². The van der Waals surface area contributed by atoms with Crippen molar-refractivity contribution in [2.24, 2.45) is 5.73 Å². The minimum absolute atomic E-state index is 0.0670. The third-order valence-electron chi connectivity index (χ3n) is 2.30. The van der Waals surface area contributed by atoms with Crippen LogP contribution in [0.2, 0.25) is 0 Å². The Balaban J connectivity index is 2.03. The Kier molecular flexibility index (Phi) is 4.86. The summed E-state index contributed by atoms with van der Waals surface area (Å²) in [6.07, 6.45) is 3.49. The highest BCUT2D eigenvalue weighted by Gasteiger charge is 2.16. The van der Waals surface area contributed by atoms with E-state index in [1.54, 1.807) is 0 Å². The van der Waals surface area contributed by atoms with E-state index in [1.807, 2.05) is 6.92 Å². The maximum atomic E-state index is 10.4. The van der Waals surface area contributed by atoms with Gasteiger partial charge in [-0.25, -0.2) is 0 Å². The van der Waals surface area contributed by atoms with E-state index in [-0.39, 0.29) is 12.6 Å². The lowest BCUT2D eigenvalue weighted by Crippen LogP contribution is -2.35. The van der Waals surface area contributed by atoms with Crippen molar-refractivity contribution in [2.75, 3.05) is 13.2 Å². The summed E-state index contributed by atoms with van der Waals surface area (Å²) in [6.45, 7) is 3.07. The molecule has 4 N–H and O–H groups in total. The average molecular weight is 201 g/mol. The van der Waals surface area contributed by atoms with Crippen LogP contribution in [0.15, 0.2) is 0 Å². The fraction of sp³-hybridized carbons (Fsp3) is 0.889. The normalized spacial score (nSPS) is 23.6. The molecule has 5 heteroatoms. The molecular weight excluding hydrogens is 182 g/mol. The smallest absolute Gasteiger partial charge is 0.245 e. The van der Waals surface area contributed by atoms with Crippen LogP contribution in [0.25, 0.3) is 0 Å². The van der Waals surface area contributed by atoms with Gasteiger partial charge >= 0.3 is 0 Å². The van der Waals surface area contributed by atoms with Crippen molar-refractivity contribution in [3.63, 3.8) is 0 Å². The number of nitrogens with one attached hydrogen (secondary N) is 2. The van der Waals surface area contributed by atoms with Gasteiger partial charge in [-0.15, -0.1) is 0 Å². The molecule has 0 aromatic rings. The van der Waals surface area contributed by atoms with Gasteiger partial charge in [0, 0.05) is 12.1 Å². The number of hydroxylamine groups is 1. The van der Waals surface area contributed by atoms with E-state index in [0.717, 1.165) is 13.0 Å². The first kappa shape index (κ1) is 11.4.